The van der Waals surface area contributed by atoms with Gasteiger partial charge in [0.1, 0.15) is 11.5 Å². The summed E-state index contributed by atoms with van der Waals surface area (Å²) in [5, 5.41) is 9.96. The highest BCUT2D eigenvalue weighted by atomic mass is 16.5. The Morgan fingerprint density at radius 1 is 1.07 bits per heavy atom. The summed E-state index contributed by atoms with van der Waals surface area (Å²) in [6, 6.07) is 16.9. The zero-order valence-corrected chi connectivity index (χ0v) is 17.3. The molecule has 2 aromatic carbocycles. The van der Waals surface area contributed by atoms with E-state index in [0.29, 0.717) is 12.4 Å². The van der Waals surface area contributed by atoms with Crippen LogP contribution in [0.15, 0.2) is 72.2 Å². The van der Waals surface area contributed by atoms with Crippen molar-refractivity contribution in [2.45, 2.75) is 46.0 Å². The third-order valence-electron chi connectivity index (χ3n) is 5.85. The molecule has 0 saturated carbocycles. The lowest BCUT2D eigenvalue weighted by Crippen LogP contribution is -2.40. The number of hydrogen-bond acceptors (Lipinski definition) is 3. The average molecular weight is 378 g/mol. The van der Waals surface area contributed by atoms with Crippen LogP contribution in [-0.2, 0) is 4.74 Å². The second kappa shape index (κ2) is 8.14. The Morgan fingerprint density at radius 2 is 1.79 bits per heavy atom. The Hall–Kier alpha value is -2.68. The van der Waals surface area contributed by atoms with Crippen LogP contribution >= 0.6 is 0 Å². The third-order valence-corrected chi connectivity index (χ3v) is 5.85. The van der Waals surface area contributed by atoms with Gasteiger partial charge in [-0.2, -0.15) is 0 Å². The minimum atomic E-state index is -0.199. The number of hydrogen-bond donors (Lipinski definition) is 2. The molecule has 1 aliphatic heterocycles. The SMILES string of the molecule is CC.Cc1cccc(C2COC3=CC(O)=CCC3(C)C2c2ccc(N)cc2)c1. The van der Waals surface area contributed by atoms with Crippen LogP contribution in [0.3, 0.4) is 0 Å². The molecule has 3 nitrogen and oxygen atoms in total. The fourth-order valence-electron chi connectivity index (χ4n) is 4.47. The van der Waals surface area contributed by atoms with Gasteiger partial charge in [-0.15, -0.1) is 0 Å². The molecule has 2 aliphatic rings. The molecular weight excluding hydrogens is 346 g/mol. The first-order valence-electron chi connectivity index (χ1n) is 10.1. The van der Waals surface area contributed by atoms with Crippen LogP contribution in [0.25, 0.3) is 0 Å². The molecule has 1 heterocycles. The lowest BCUT2D eigenvalue weighted by atomic mass is 9.60. The van der Waals surface area contributed by atoms with Gasteiger partial charge < -0.3 is 15.6 Å². The van der Waals surface area contributed by atoms with Crippen LogP contribution < -0.4 is 5.73 Å². The first kappa shape index (κ1) is 20.1. The number of nitrogens with two attached hydrogens (primary N) is 1. The molecule has 148 valence electrons. The summed E-state index contributed by atoms with van der Waals surface area (Å²) in [4.78, 5) is 0. The van der Waals surface area contributed by atoms with Crippen LogP contribution in [0.1, 0.15) is 55.7 Å². The molecule has 0 amide bonds. The van der Waals surface area contributed by atoms with Crippen molar-refractivity contribution in [2.75, 3.05) is 12.3 Å². The van der Waals surface area contributed by atoms with Gasteiger partial charge in [-0.25, -0.2) is 0 Å². The first-order valence-corrected chi connectivity index (χ1v) is 10.1. The fraction of sp³-hybridized carbons (Fsp3) is 0.360. The molecule has 1 fully saturated rings. The van der Waals surface area contributed by atoms with E-state index in [2.05, 4.69) is 50.2 Å². The van der Waals surface area contributed by atoms with Gasteiger partial charge in [0.25, 0.3) is 0 Å². The molecule has 0 spiro atoms. The number of fused-ring (bicyclic) bond motifs is 1. The van der Waals surface area contributed by atoms with Crippen LogP contribution in [0.5, 0.6) is 0 Å². The minimum Gasteiger partial charge on any atom is -0.508 e. The normalized spacial score (nSPS) is 26.0. The van der Waals surface area contributed by atoms with E-state index in [1.807, 2.05) is 32.1 Å². The van der Waals surface area contributed by atoms with Crippen molar-refractivity contribution in [2.24, 2.45) is 5.41 Å². The largest absolute Gasteiger partial charge is 0.508 e. The number of rotatable bonds is 2. The molecule has 0 bridgehead atoms. The second-order valence-electron chi connectivity index (χ2n) is 7.74. The molecule has 1 saturated heterocycles. The topological polar surface area (TPSA) is 55.5 Å². The third kappa shape index (κ3) is 3.66. The highest BCUT2D eigenvalue weighted by Gasteiger charge is 2.48. The van der Waals surface area contributed by atoms with E-state index in [1.165, 1.54) is 16.7 Å². The monoisotopic (exact) mass is 377 g/mol. The van der Waals surface area contributed by atoms with Crippen LogP contribution in [0.4, 0.5) is 5.69 Å². The van der Waals surface area contributed by atoms with E-state index in [1.54, 1.807) is 6.08 Å². The average Bonchev–Trinajstić information content (AvgIpc) is 2.70. The van der Waals surface area contributed by atoms with Crippen molar-refractivity contribution in [3.8, 4) is 0 Å². The van der Waals surface area contributed by atoms with Gasteiger partial charge in [-0.05, 0) is 42.7 Å². The standard InChI is InChI=1S/C23H25NO2.C2H6/c1-15-4-3-5-17(12-15)20-14-26-21-13-19(25)10-11-23(21,2)22(20)16-6-8-18(24)9-7-16;1-2/h3-10,12-13,20,22,25H,11,14,24H2,1-2H3;1-2H3. The number of benzene rings is 2. The summed E-state index contributed by atoms with van der Waals surface area (Å²) < 4.78 is 6.17. The summed E-state index contributed by atoms with van der Waals surface area (Å²) in [5.41, 5.74) is 10.3. The highest BCUT2D eigenvalue weighted by molar-refractivity contribution is 5.45. The Balaban J connectivity index is 0.00000109. The molecular formula is C25H31NO2. The van der Waals surface area contributed by atoms with Crippen LogP contribution in [-0.4, -0.2) is 11.7 Å². The second-order valence-corrected chi connectivity index (χ2v) is 7.74. The fourth-order valence-corrected chi connectivity index (χ4v) is 4.47. The predicted octanol–water partition coefficient (Wildman–Crippen LogP) is 6.24. The van der Waals surface area contributed by atoms with E-state index in [-0.39, 0.29) is 17.3 Å². The van der Waals surface area contributed by atoms with Crippen molar-refractivity contribution in [3.05, 3.63) is 88.9 Å². The summed E-state index contributed by atoms with van der Waals surface area (Å²) in [6.07, 6.45) is 4.43. The maximum absolute atomic E-state index is 9.96. The molecule has 3 heteroatoms. The molecule has 3 N–H and O–H groups in total. The predicted molar refractivity (Wildman–Crippen MR) is 116 cm³/mol. The van der Waals surface area contributed by atoms with E-state index < -0.39 is 0 Å². The number of allylic oxidation sites excluding steroid dienone is 3. The van der Waals surface area contributed by atoms with Gasteiger partial charge in [0.15, 0.2) is 0 Å². The van der Waals surface area contributed by atoms with Crippen molar-refractivity contribution in [1.82, 2.24) is 0 Å². The van der Waals surface area contributed by atoms with Gasteiger partial charge in [-0.1, -0.05) is 62.7 Å². The van der Waals surface area contributed by atoms with E-state index in [0.717, 1.165) is 17.9 Å². The maximum atomic E-state index is 9.96. The smallest absolute Gasteiger partial charge is 0.114 e. The maximum Gasteiger partial charge on any atom is 0.114 e. The van der Waals surface area contributed by atoms with E-state index in [4.69, 9.17) is 10.5 Å². The zero-order chi connectivity index (χ0) is 20.3. The molecule has 4 rings (SSSR count). The quantitative estimate of drug-likeness (QED) is 0.609. The molecule has 2 aromatic rings. The van der Waals surface area contributed by atoms with E-state index >= 15 is 0 Å². The summed E-state index contributed by atoms with van der Waals surface area (Å²) in [7, 11) is 0. The zero-order valence-electron chi connectivity index (χ0n) is 17.3. The van der Waals surface area contributed by atoms with Gasteiger partial charge in [0, 0.05) is 29.0 Å². The Kier molecular flexibility index (Phi) is 5.83. The number of aliphatic hydroxyl groups is 1. The molecule has 3 atom stereocenters. The Bertz CT molecular complexity index is 882. The van der Waals surface area contributed by atoms with Crippen molar-refractivity contribution in [1.29, 1.82) is 0 Å². The number of ether oxygens (including phenoxy) is 1. The number of nitrogen functional groups attached to an aromatic ring is 1. The lowest BCUT2D eigenvalue weighted by Gasteiger charge is -2.48. The number of aliphatic hydroxyl groups excluding tert-OH is 1. The van der Waals surface area contributed by atoms with Crippen LogP contribution in [0, 0.1) is 12.3 Å². The van der Waals surface area contributed by atoms with Crippen molar-refractivity contribution in [3.63, 3.8) is 0 Å². The van der Waals surface area contributed by atoms with Crippen molar-refractivity contribution < 1.29 is 9.84 Å². The molecule has 0 aromatic heterocycles. The van der Waals surface area contributed by atoms with Gasteiger partial charge in [0.2, 0.25) is 0 Å². The van der Waals surface area contributed by atoms with Gasteiger partial charge in [-0.3, -0.25) is 0 Å². The Labute approximate surface area is 168 Å². The number of aryl methyl sites for hydroxylation is 1. The highest BCUT2D eigenvalue weighted by Crippen LogP contribution is 2.57. The number of anilines is 1. The summed E-state index contributed by atoms with van der Waals surface area (Å²) in [5.74, 6) is 1.66. The van der Waals surface area contributed by atoms with Crippen molar-refractivity contribution >= 4 is 5.69 Å². The summed E-state index contributed by atoms with van der Waals surface area (Å²) in [6.45, 7) is 8.97. The first-order chi connectivity index (χ1) is 13.5. The van der Waals surface area contributed by atoms with Gasteiger partial charge in [0.05, 0.1) is 6.61 Å². The molecule has 3 unspecified atom stereocenters. The van der Waals surface area contributed by atoms with Gasteiger partial charge >= 0.3 is 0 Å². The molecule has 1 aliphatic carbocycles. The van der Waals surface area contributed by atoms with Crippen LogP contribution in [0.2, 0.25) is 0 Å². The lowest BCUT2D eigenvalue weighted by molar-refractivity contribution is 0.0346. The minimum absolute atomic E-state index is 0.199. The molecule has 0 radical (unpaired) electrons. The Morgan fingerprint density at radius 3 is 2.46 bits per heavy atom. The summed E-state index contributed by atoms with van der Waals surface area (Å²) >= 11 is 0. The van der Waals surface area contributed by atoms with E-state index in [9.17, 15) is 5.11 Å². The molecule has 28 heavy (non-hydrogen) atoms.